The quantitative estimate of drug-likeness (QED) is 0.634. The van der Waals surface area contributed by atoms with Gasteiger partial charge in [0.25, 0.3) is 0 Å². The molecule has 164 valence electrons. The van der Waals surface area contributed by atoms with E-state index >= 15 is 0 Å². The largest absolute Gasteiger partial charge is 0.419 e. The first kappa shape index (κ1) is 21.9. The van der Waals surface area contributed by atoms with E-state index in [-0.39, 0.29) is 17.3 Å². The van der Waals surface area contributed by atoms with Gasteiger partial charge in [0.2, 0.25) is 5.95 Å². The molecule has 3 rings (SSSR count). The molecule has 0 saturated heterocycles. The summed E-state index contributed by atoms with van der Waals surface area (Å²) in [5, 5.41) is 19.0. The molecule has 2 atom stereocenters. The van der Waals surface area contributed by atoms with E-state index < -0.39 is 41.4 Å². The van der Waals surface area contributed by atoms with Gasteiger partial charge in [-0.2, -0.15) is 41.1 Å². The van der Waals surface area contributed by atoms with Crippen LogP contribution in [0.1, 0.15) is 31.0 Å². The van der Waals surface area contributed by atoms with Gasteiger partial charge in [-0.1, -0.05) is 6.07 Å². The minimum atomic E-state index is -4.92. The zero-order chi connectivity index (χ0) is 22.5. The fourth-order valence-corrected chi connectivity index (χ4v) is 2.97. The first-order valence-electron chi connectivity index (χ1n) is 8.49. The molecule has 1 aromatic heterocycles. The third-order valence-corrected chi connectivity index (χ3v) is 4.37. The smallest absolute Gasteiger partial charge is 0.388 e. The highest BCUT2D eigenvalue weighted by atomic mass is 19.4. The molecule has 1 aromatic carbocycles. The lowest BCUT2D eigenvalue weighted by molar-refractivity contribution is -0.140. The second kappa shape index (κ2) is 7.15. The molecule has 3 N–H and O–H groups in total. The maximum atomic E-state index is 14.1. The molecule has 0 spiro atoms. The number of hydrogen-bond donors (Lipinski definition) is 3. The van der Waals surface area contributed by atoms with Gasteiger partial charge < -0.3 is 15.7 Å². The van der Waals surface area contributed by atoms with Crippen LogP contribution in [0.2, 0.25) is 0 Å². The van der Waals surface area contributed by atoms with Crippen molar-refractivity contribution in [3.63, 3.8) is 0 Å². The van der Waals surface area contributed by atoms with E-state index in [2.05, 4.69) is 20.7 Å². The van der Waals surface area contributed by atoms with Gasteiger partial charge in [0.15, 0.2) is 0 Å². The van der Waals surface area contributed by atoms with Crippen LogP contribution in [0.15, 0.2) is 30.6 Å². The number of benzene rings is 1. The topological polar surface area (TPSA) is 75.0 Å². The van der Waals surface area contributed by atoms with Gasteiger partial charge in [-0.15, -0.1) is 0 Å². The van der Waals surface area contributed by atoms with Crippen LogP contribution in [0.3, 0.4) is 0 Å². The van der Waals surface area contributed by atoms with Crippen LogP contribution in [0.4, 0.5) is 36.7 Å². The third kappa shape index (κ3) is 4.35. The van der Waals surface area contributed by atoms with Gasteiger partial charge in [-0.25, -0.2) is 4.39 Å². The van der Waals surface area contributed by atoms with Crippen molar-refractivity contribution in [2.45, 2.75) is 43.9 Å². The second-order valence-corrected chi connectivity index (χ2v) is 7.18. The lowest BCUT2D eigenvalue weighted by Gasteiger charge is -2.34. The van der Waals surface area contributed by atoms with E-state index in [1.165, 1.54) is 13.8 Å². The van der Waals surface area contributed by atoms with E-state index in [4.69, 9.17) is 0 Å². The van der Waals surface area contributed by atoms with Gasteiger partial charge in [-0.05, 0) is 37.6 Å². The van der Waals surface area contributed by atoms with Crippen molar-refractivity contribution < 1.29 is 35.8 Å². The van der Waals surface area contributed by atoms with Crippen LogP contribution in [-0.4, -0.2) is 37.7 Å². The molecule has 2 unspecified atom stereocenters. The number of rotatable bonds is 4. The minimum absolute atomic E-state index is 0.113. The second-order valence-electron chi connectivity index (χ2n) is 7.18. The summed E-state index contributed by atoms with van der Waals surface area (Å²) in [5.74, 6) is -2.06. The van der Waals surface area contributed by atoms with Crippen molar-refractivity contribution in [3.8, 4) is 0 Å². The average molecular weight is 439 g/mol. The Morgan fingerprint density at radius 1 is 1.17 bits per heavy atom. The number of fused-ring (bicyclic) bond motifs is 1. The number of alkyl halides is 6. The van der Waals surface area contributed by atoms with Crippen LogP contribution in [0.25, 0.3) is 5.82 Å². The van der Waals surface area contributed by atoms with Crippen LogP contribution in [0, 0.1) is 5.82 Å². The summed E-state index contributed by atoms with van der Waals surface area (Å²) >= 11 is 0. The molecule has 0 aliphatic carbocycles. The predicted octanol–water partition coefficient (Wildman–Crippen LogP) is 3.69. The molecule has 13 heteroatoms. The van der Waals surface area contributed by atoms with Gasteiger partial charge in [0, 0.05) is 0 Å². The Morgan fingerprint density at radius 2 is 1.83 bits per heavy atom. The highest BCUT2D eigenvalue weighted by molar-refractivity contribution is 5.56. The van der Waals surface area contributed by atoms with Crippen molar-refractivity contribution in [1.29, 1.82) is 0 Å². The van der Waals surface area contributed by atoms with Crippen LogP contribution in [0.5, 0.6) is 0 Å². The average Bonchev–Trinajstić information content (AvgIpc) is 3.05. The summed E-state index contributed by atoms with van der Waals surface area (Å²) in [5.41, 5.74) is -3.33. The number of nitrogens with zero attached hydrogens (tertiary/aromatic N) is 3. The Kier molecular flexibility index (Phi) is 5.21. The summed E-state index contributed by atoms with van der Waals surface area (Å²) < 4.78 is 93.2. The van der Waals surface area contributed by atoms with E-state index in [1.54, 1.807) is 0 Å². The molecule has 2 heterocycles. The molecular formula is C17H16F7N5O. The Balaban J connectivity index is 2.02. The fraction of sp³-hybridized carbons (Fsp3) is 0.412. The Bertz CT molecular complexity index is 959. The van der Waals surface area contributed by atoms with Gasteiger partial charge in [-0.3, -0.25) is 0 Å². The van der Waals surface area contributed by atoms with E-state index in [0.717, 1.165) is 23.2 Å². The van der Waals surface area contributed by atoms with Crippen molar-refractivity contribution in [2.75, 3.05) is 5.32 Å². The SMILES string of the molecule is CC(C)(O)C(NC1=CC(C(F)(F)F)Nc2ncnn21)c1ccc(C(F)(F)F)c(F)c1. The summed E-state index contributed by atoms with van der Waals surface area (Å²) in [7, 11) is 0. The summed E-state index contributed by atoms with van der Waals surface area (Å²) in [6.45, 7) is 2.54. The van der Waals surface area contributed by atoms with Crippen molar-refractivity contribution in [2.24, 2.45) is 0 Å². The normalized spacial score (nSPS) is 18.3. The van der Waals surface area contributed by atoms with Gasteiger partial charge in [0.1, 0.15) is 24.0 Å². The predicted molar refractivity (Wildman–Crippen MR) is 91.3 cm³/mol. The highest BCUT2D eigenvalue weighted by Crippen LogP contribution is 2.36. The van der Waals surface area contributed by atoms with Gasteiger partial charge >= 0.3 is 12.4 Å². The summed E-state index contributed by atoms with van der Waals surface area (Å²) in [6.07, 6.45) is -7.88. The minimum Gasteiger partial charge on any atom is -0.388 e. The maximum absolute atomic E-state index is 14.1. The Morgan fingerprint density at radius 3 is 2.37 bits per heavy atom. The number of anilines is 1. The Hall–Kier alpha value is -2.83. The standard InChI is InChI=1S/C17H16F7N5O/c1-15(2,30)13(8-3-4-9(10(18)5-8)16(19,20)21)28-12-6-11(17(22,23)24)27-14-25-7-26-29(12)14/h3-7,11,13,28,30H,1-2H3,(H,25,26,27). The summed E-state index contributed by atoms with van der Waals surface area (Å²) in [4.78, 5) is 3.68. The third-order valence-electron chi connectivity index (χ3n) is 4.37. The molecule has 0 saturated carbocycles. The van der Waals surface area contributed by atoms with E-state index in [0.29, 0.717) is 12.1 Å². The molecule has 2 aromatic rings. The molecule has 0 radical (unpaired) electrons. The molecule has 30 heavy (non-hydrogen) atoms. The fourth-order valence-electron chi connectivity index (χ4n) is 2.97. The highest BCUT2D eigenvalue weighted by Gasteiger charge is 2.42. The molecule has 6 nitrogen and oxygen atoms in total. The molecule has 0 bridgehead atoms. The lowest BCUT2D eigenvalue weighted by Crippen LogP contribution is -2.44. The zero-order valence-corrected chi connectivity index (χ0v) is 15.5. The number of hydrogen-bond acceptors (Lipinski definition) is 5. The molecular weight excluding hydrogens is 423 g/mol. The van der Waals surface area contributed by atoms with Crippen molar-refractivity contribution >= 4 is 11.8 Å². The monoisotopic (exact) mass is 439 g/mol. The first-order valence-corrected chi connectivity index (χ1v) is 8.49. The Labute approximate surface area is 165 Å². The summed E-state index contributed by atoms with van der Waals surface area (Å²) in [6, 6.07) is -1.41. The van der Waals surface area contributed by atoms with Gasteiger partial charge in [0.05, 0.1) is 17.2 Å². The number of halogens is 7. The number of aliphatic hydroxyl groups is 1. The van der Waals surface area contributed by atoms with Crippen molar-refractivity contribution in [1.82, 2.24) is 20.1 Å². The van der Waals surface area contributed by atoms with E-state index in [9.17, 15) is 35.8 Å². The molecule has 0 amide bonds. The number of nitrogens with one attached hydrogen (secondary N) is 2. The molecule has 0 fully saturated rings. The van der Waals surface area contributed by atoms with Crippen molar-refractivity contribution in [3.05, 3.63) is 47.5 Å². The molecule has 1 aliphatic heterocycles. The van der Waals surface area contributed by atoms with Crippen LogP contribution in [-0.2, 0) is 6.18 Å². The van der Waals surface area contributed by atoms with Crippen LogP contribution < -0.4 is 10.6 Å². The van der Waals surface area contributed by atoms with E-state index in [1.807, 2.05) is 0 Å². The number of aromatic nitrogens is 3. The maximum Gasteiger partial charge on any atom is 0.419 e. The lowest BCUT2D eigenvalue weighted by atomic mass is 9.91. The zero-order valence-electron chi connectivity index (χ0n) is 15.5. The van der Waals surface area contributed by atoms with Crippen LogP contribution >= 0.6 is 0 Å². The first-order chi connectivity index (χ1) is 13.7. The molecule has 1 aliphatic rings.